The molecule has 10 heteroatoms. The zero-order valence-electron chi connectivity index (χ0n) is 24.9. The van der Waals surface area contributed by atoms with Gasteiger partial charge in [0.2, 0.25) is 5.13 Å². The second-order valence-electron chi connectivity index (χ2n) is 13.3. The van der Waals surface area contributed by atoms with Gasteiger partial charge in [-0.2, -0.15) is 0 Å². The van der Waals surface area contributed by atoms with Crippen molar-refractivity contribution >= 4 is 51.4 Å². The molecule has 5 rings (SSSR count). The maximum absolute atomic E-state index is 13.6. The number of rotatable bonds is 8. The number of aliphatic hydroxyl groups is 1. The number of nitrogens with one attached hydrogen (secondary N) is 1. The molecule has 4 N–H and O–H groups in total. The fourth-order valence-corrected chi connectivity index (χ4v) is 10.2. The third kappa shape index (κ3) is 5.24. The van der Waals surface area contributed by atoms with Gasteiger partial charge in [0, 0.05) is 35.4 Å². The lowest BCUT2D eigenvalue weighted by atomic mass is 9.41. The summed E-state index contributed by atoms with van der Waals surface area (Å²) in [6, 6.07) is 6.68. The van der Waals surface area contributed by atoms with E-state index in [-0.39, 0.29) is 51.9 Å². The molecule has 2 aromatic rings. The first kappa shape index (κ1) is 30.9. The van der Waals surface area contributed by atoms with Crippen molar-refractivity contribution in [3.8, 4) is 0 Å². The molecule has 8 nitrogen and oxygen atoms in total. The van der Waals surface area contributed by atoms with Crippen molar-refractivity contribution in [3.63, 3.8) is 0 Å². The van der Waals surface area contributed by atoms with Gasteiger partial charge in [-0.15, -0.1) is 16.8 Å². The molecule has 0 saturated heterocycles. The summed E-state index contributed by atoms with van der Waals surface area (Å²) in [5.41, 5.74) is 5.56. The van der Waals surface area contributed by atoms with Gasteiger partial charge < -0.3 is 10.8 Å². The molecule has 3 aliphatic rings. The number of nitrogens with two attached hydrogens (primary N) is 1. The summed E-state index contributed by atoms with van der Waals surface area (Å²) in [6.45, 7) is 12.8. The van der Waals surface area contributed by atoms with Gasteiger partial charge in [-0.3, -0.25) is 19.7 Å². The van der Waals surface area contributed by atoms with Crippen molar-refractivity contribution in [3.05, 3.63) is 42.5 Å². The number of nitrogens with zero attached hydrogens (tertiary/aromatic N) is 2. The Bertz CT molecular complexity index is 1400. The van der Waals surface area contributed by atoms with Gasteiger partial charge in [0.05, 0.1) is 11.9 Å². The van der Waals surface area contributed by atoms with Crippen LogP contribution in [0.1, 0.15) is 76.6 Å². The van der Waals surface area contributed by atoms with Crippen LogP contribution in [0.4, 0.5) is 10.8 Å². The van der Waals surface area contributed by atoms with Crippen LogP contribution < -0.4 is 11.1 Å². The number of benzene rings is 1. The number of anilines is 2. The number of carbonyl (C=O) groups is 3. The number of aliphatic hydroxyl groups excluding tert-OH is 1. The molecule has 3 fully saturated rings. The van der Waals surface area contributed by atoms with Gasteiger partial charge >= 0.3 is 0 Å². The molecule has 1 aromatic carbocycles. The van der Waals surface area contributed by atoms with E-state index in [9.17, 15) is 19.5 Å². The van der Waals surface area contributed by atoms with Crippen LogP contribution in [0.5, 0.6) is 0 Å². The largest absolute Gasteiger partial charge is 0.399 e. The van der Waals surface area contributed by atoms with E-state index in [4.69, 9.17) is 5.73 Å². The number of thioether (sulfide) groups is 1. The van der Waals surface area contributed by atoms with Crippen LogP contribution >= 0.6 is 23.1 Å². The summed E-state index contributed by atoms with van der Waals surface area (Å²) in [5.74, 6) is 0.314. The maximum Gasteiger partial charge on any atom is 0.257 e. The molecule has 0 aliphatic heterocycles. The Morgan fingerprint density at radius 2 is 2.02 bits per heavy atom. The smallest absolute Gasteiger partial charge is 0.257 e. The number of aromatic nitrogens is 2. The number of ketones is 2. The molecule has 8 atom stereocenters. The van der Waals surface area contributed by atoms with Crippen LogP contribution in [0.15, 0.2) is 41.3 Å². The Hall–Kier alpha value is -2.56. The lowest BCUT2D eigenvalue weighted by Crippen LogP contribution is -2.61. The molecule has 0 unspecified atom stereocenters. The summed E-state index contributed by atoms with van der Waals surface area (Å²) in [6.07, 6.45) is 5.49. The minimum atomic E-state index is -0.629. The van der Waals surface area contributed by atoms with E-state index in [0.29, 0.717) is 45.8 Å². The Balaban J connectivity index is 1.32. The monoisotopic (exact) mass is 610 g/mol. The normalized spacial score (nSPS) is 36.0. The van der Waals surface area contributed by atoms with Gasteiger partial charge in [0.25, 0.3) is 5.91 Å². The number of hydrogen-bond acceptors (Lipinski definition) is 9. The highest BCUT2D eigenvalue weighted by Crippen LogP contribution is 2.69. The van der Waals surface area contributed by atoms with E-state index in [1.165, 1.54) is 23.1 Å². The molecule has 0 radical (unpaired) electrons. The fourth-order valence-electron chi connectivity index (χ4n) is 8.53. The molecule has 226 valence electrons. The third-order valence-corrected chi connectivity index (χ3v) is 13.2. The minimum absolute atomic E-state index is 0.0256. The van der Waals surface area contributed by atoms with Crippen LogP contribution in [0.25, 0.3) is 0 Å². The highest BCUT2D eigenvalue weighted by Gasteiger charge is 2.67. The predicted octanol–water partition coefficient (Wildman–Crippen LogP) is 6.03. The average Bonchev–Trinajstić information content (AvgIpc) is 3.56. The van der Waals surface area contributed by atoms with E-state index in [1.807, 2.05) is 6.08 Å². The van der Waals surface area contributed by atoms with Crippen molar-refractivity contribution < 1.29 is 19.5 Å². The Kier molecular flexibility index (Phi) is 8.46. The molecule has 0 spiro atoms. The van der Waals surface area contributed by atoms with Gasteiger partial charge in [-0.1, -0.05) is 62.9 Å². The second kappa shape index (κ2) is 11.5. The second-order valence-corrected chi connectivity index (χ2v) is 15.5. The summed E-state index contributed by atoms with van der Waals surface area (Å²) in [7, 11) is 0. The maximum atomic E-state index is 13.6. The first-order valence-electron chi connectivity index (χ1n) is 14.8. The fraction of sp³-hybridized carbons (Fsp3) is 0.594. The van der Waals surface area contributed by atoms with Gasteiger partial charge in [-0.05, 0) is 72.5 Å². The molecule has 1 aromatic heterocycles. The average molecular weight is 611 g/mol. The Labute approximate surface area is 256 Å². The molecule has 42 heavy (non-hydrogen) atoms. The van der Waals surface area contributed by atoms with E-state index < -0.39 is 11.5 Å². The zero-order chi connectivity index (χ0) is 30.4. The molecule has 3 saturated carbocycles. The summed E-state index contributed by atoms with van der Waals surface area (Å²) in [4.78, 5) is 39.7. The number of amides is 1. The summed E-state index contributed by atoms with van der Waals surface area (Å²) < 4.78 is 0.589. The quantitative estimate of drug-likeness (QED) is 0.143. The predicted molar refractivity (Wildman–Crippen MR) is 167 cm³/mol. The minimum Gasteiger partial charge on any atom is -0.399 e. The van der Waals surface area contributed by atoms with Crippen molar-refractivity contribution in [2.75, 3.05) is 16.8 Å². The topological polar surface area (TPSA) is 135 Å². The van der Waals surface area contributed by atoms with E-state index in [0.717, 1.165) is 19.3 Å². The van der Waals surface area contributed by atoms with Crippen molar-refractivity contribution in [2.24, 2.45) is 39.9 Å². The van der Waals surface area contributed by atoms with Gasteiger partial charge in [0.1, 0.15) is 11.6 Å². The number of nitrogen functional groups attached to an aromatic ring is 1. The number of hydrogen-bond donors (Lipinski definition) is 3. The van der Waals surface area contributed by atoms with Crippen LogP contribution in [0.3, 0.4) is 0 Å². The van der Waals surface area contributed by atoms with Crippen LogP contribution in [-0.2, 0) is 9.59 Å². The molecule has 2 bridgehead atoms. The lowest BCUT2D eigenvalue weighted by molar-refractivity contribution is -0.177. The SMILES string of the molecule is C=C[C@]1(C)C[C@@H](CC(=O)CSc2nnc(NC(=O)c3cccc(N)c3)s2)[C@]2(C)[C@H](C)CC[C@]3(CCC(=O)[C@H]32)[C@@H](C)[C@@H]1O. The highest BCUT2D eigenvalue weighted by molar-refractivity contribution is 8.01. The first-order valence-corrected chi connectivity index (χ1v) is 16.6. The van der Waals surface area contributed by atoms with E-state index in [1.54, 1.807) is 24.3 Å². The van der Waals surface area contributed by atoms with Crippen molar-refractivity contribution in [1.82, 2.24) is 10.2 Å². The Morgan fingerprint density at radius 1 is 1.26 bits per heavy atom. The van der Waals surface area contributed by atoms with Gasteiger partial charge in [0.15, 0.2) is 4.34 Å². The number of carbonyl (C=O) groups excluding carboxylic acids is 3. The number of Topliss-reactive ketones (excluding diaryl/α,β-unsaturated/α-hetero) is 2. The molecule has 1 heterocycles. The van der Waals surface area contributed by atoms with E-state index in [2.05, 4.69) is 49.8 Å². The highest BCUT2D eigenvalue weighted by atomic mass is 32.2. The lowest BCUT2D eigenvalue weighted by Gasteiger charge is -2.62. The molecular weight excluding hydrogens is 569 g/mol. The van der Waals surface area contributed by atoms with Crippen LogP contribution in [-0.4, -0.2) is 44.6 Å². The molecular formula is C32H42N4O4S2. The van der Waals surface area contributed by atoms with E-state index >= 15 is 0 Å². The molecule has 1 amide bonds. The molecule has 3 aliphatic carbocycles. The van der Waals surface area contributed by atoms with Crippen molar-refractivity contribution in [1.29, 1.82) is 0 Å². The first-order chi connectivity index (χ1) is 19.8. The Morgan fingerprint density at radius 3 is 2.74 bits per heavy atom. The standard InChI is InChI=1S/C32H42N4O4S2/c1-6-30(4)16-21(31(5)18(2)10-12-32(19(3)26(30)39)13-11-24(38)25(31)32)15-23(37)17-41-29-36-35-28(42-29)34-27(40)20-8-7-9-22(33)14-20/h6-9,14,18-19,21,25-26,39H,1,10-13,15-17,33H2,2-5H3,(H,34,35,40)/t18-,19+,21-,25+,26+,30-,31+,32+/m1/s1. The van der Waals surface area contributed by atoms with Crippen molar-refractivity contribution in [2.45, 2.75) is 76.7 Å². The third-order valence-electron chi connectivity index (χ3n) is 11.2. The van der Waals surface area contributed by atoms with Crippen LogP contribution in [0.2, 0.25) is 0 Å². The summed E-state index contributed by atoms with van der Waals surface area (Å²) >= 11 is 2.53. The van der Waals surface area contributed by atoms with Crippen LogP contribution in [0, 0.1) is 39.9 Å². The van der Waals surface area contributed by atoms with Gasteiger partial charge in [-0.25, -0.2) is 0 Å². The zero-order valence-corrected chi connectivity index (χ0v) is 26.5. The summed E-state index contributed by atoms with van der Waals surface area (Å²) in [5, 5.41) is 23.0.